The van der Waals surface area contributed by atoms with Gasteiger partial charge in [-0.25, -0.2) is 18.6 Å². The number of carbonyl (C=O) groups is 1. The van der Waals surface area contributed by atoms with Gasteiger partial charge in [0.1, 0.15) is 5.01 Å². The standard InChI is InChI=1S/C13H12F2N2O2S/c1-6-5-20-12(16-6)7(2)17-9-4-3-8(13(18)19)10(14)11(9)15/h3-5,7,17H,1-2H3,(H,18,19). The van der Waals surface area contributed by atoms with Crippen molar-refractivity contribution in [2.75, 3.05) is 5.32 Å². The molecule has 1 aromatic heterocycles. The molecule has 106 valence electrons. The van der Waals surface area contributed by atoms with Crippen LogP contribution in [-0.2, 0) is 0 Å². The number of aryl methyl sites for hydroxylation is 1. The van der Waals surface area contributed by atoms with E-state index in [-0.39, 0.29) is 11.7 Å². The van der Waals surface area contributed by atoms with E-state index in [4.69, 9.17) is 5.11 Å². The van der Waals surface area contributed by atoms with Crippen LogP contribution < -0.4 is 5.32 Å². The zero-order chi connectivity index (χ0) is 14.9. The number of rotatable bonds is 4. The highest BCUT2D eigenvalue weighted by Gasteiger charge is 2.19. The van der Waals surface area contributed by atoms with Gasteiger partial charge in [-0.05, 0) is 26.0 Å². The summed E-state index contributed by atoms with van der Waals surface area (Å²) < 4.78 is 27.3. The number of aromatic carboxylic acids is 1. The number of hydrogen-bond donors (Lipinski definition) is 2. The van der Waals surface area contributed by atoms with Crippen LogP contribution in [0.25, 0.3) is 0 Å². The molecule has 1 unspecified atom stereocenters. The van der Waals surface area contributed by atoms with Crippen LogP contribution in [0.3, 0.4) is 0 Å². The van der Waals surface area contributed by atoms with E-state index in [1.54, 1.807) is 6.92 Å². The minimum atomic E-state index is -1.50. The number of hydrogen-bond acceptors (Lipinski definition) is 4. The fourth-order valence-electron chi connectivity index (χ4n) is 1.69. The molecular formula is C13H12F2N2O2S. The van der Waals surface area contributed by atoms with E-state index < -0.39 is 23.2 Å². The van der Waals surface area contributed by atoms with Gasteiger partial charge >= 0.3 is 5.97 Å². The van der Waals surface area contributed by atoms with Crippen molar-refractivity contribution in [1.29, 1.82) is 0 Å². The normalized spacial score (nSPS) is 12.2. The molecule has 0 aliphatic heterocycles. The molecule has 1 aromatic carbocycles. The predicted molar refractivity (Wildman–Crippen MR) is 72.2 cm³/mol. The van der Waals surface area contributed by atoms with Crippen molar-refractivity contribution in [2.45, 2.75) is 19.9 Å². The third-order valence-electron chi connectivity index (χ3n) is 2.69. The van der Waals surface area contributed by atoms with Crippen LogP contribution in [0.2, 0.25) is 0 Å². The van der Waals surface area contributed by atoms with Gasteiger partial charge in [-0.2, -0.15) is 0 Å². The minimum Gasteiger partial charge on any atom is -0.478 e. The first kappa shape index (κ1) is 14.4. The number of carboxylic acids is 1. The lowest BCUT2D eigenvalue weighted by Gasteiger charge is -2.14. The van der Waals surface area contributed by atoms with Gasteiger partial charge in [0.2, 0.25) is 0 Å². The van der Waals surface area contributed by atoms with Crippen LogP contribution in [0.5, 0.6) is 0 Å². The number of anilines is 1. The Morgan fingerprint density at radius 2 is 2.10 bits per heavy atom. The summed E-state index contributed by atoms with van der Waals surface area (Å²) in [6.45, 7) is 3.61. The Labute approximate surface area is 118 Å². The van der Waals surface area contributed by atoms with E-state index >= 15 is 0 Å². The molecule has 20 heavy (non-hydrogen) atoms. The maximum atomic E-state index is 13.8. The molecule has 0 aliphatic carbocycles. The van der Waals surface area contributed by atoms with Gasteiger partial charge in [-0.15, -0.1) is 11.3 Å². The van der Waals surface area contributed by atoms with Gasteiger partial charge in [0.05, 0.1) is 17.3 Å². The fourth-order valence-corrected chi connectivity index (χ4v) is 2.50. The monoisotopic (exact) mass is 298 g/mol. The molecule has 2 N–H and O–H groups in total. The number of nitrogens with one attached hydrogen (secondary N) is 1. The van der Waals surface area contributed by atoms with Gasteiger partial charge in [-0.3, -0.25) is 0 Å². The maximum absolute atomic E-state index is 13.8. The quantitative estimate of drug-likeness (QED) is 0.905. The number of halogens is 2. The first-order valence-electron chi connectivity index (χ1n) is 5.80. The predicted octanol–water partition coefficient (Wildman–Crippen LogP) is 3.60. The molecule has 4 nitrogen and oxygen atoms in total. The molecule has 1 heterocycles. The molecule has 0 amide bonds. The van der Waals surface area contributed by atoms with E-state index in [9.17, 15) is 13.6 Å². The number of thiazole rings is 1. The van der Waals surface area contributed by atoms with Crippen LogP contribution in [0.15, 0.2) is 17.5 Å². The molecule has 0 radical (unpaired) electrons. The van der Waals surface area contributed by atoms with Crippen LogP contribution >= 0.6 is 11.3 Å². The number of benzene rings is 1. The van der Waals surface area contributed by atoms with Crippen molar-refractivity contribution in [3.05, 3.63) is 45.4 Å². The van der Waals surface area contributed by atoms with Crippen molar-refractivity contribution in [3.63, 3.8) is 0 Å². The second-order valence-corrected chi connectivity index (χ2v) is 5.18. The Balaban J connectivity index is 2.26. The Morgan fingerprint density at radius 1 is 1.40 bits per heavy atom. The summed E-state index contributed by atoms with van der Waals surface area (Å²) >= 11 is 1.41. The smallest absolute Gasteiger partial charge is 0.338 e. The Hall–Kier alpha value is -2.02. The average Bonchev–Trinajstić information content (AvgIpc) is 2.81. The van der Waals surface area contributed by atoms with Gasteiger partial charge in [0.15, 0.2) is 11.6 Å². The topological polar surface area (TPSA) is 62.2 Å². The third-order valence-corrected chi connectivity index (χ3v) is 3.84. The molecule has 0 bridgehead atoms. The number of nitrogens with zero attached hydrogens (tertiary/aromatic N) is 1. The van der Waals surface area contributed by atoms with Crippen LogP contribution in [0, 0.1) is 18.6 Å². The first-order valence-corrected chi connectivity index (χ1v) is 6.68. The van der Waals surface area contributed by atoms with Crippen LogP contribution in [0.4, 0.5) is 14.5 Å². The zero-order valence-electron chi connectivity index (χ0n) is 10.8. The van der Waals surface area contributed by atoms with Crippen molar-refractivity contribution in [3.8, 4) is 0 Å². The second kappa shape index (κ2) is 5.54. The average molecular weight is 298 g/mol. The number of aromatic nitrogens is 1. The van der Waals surface area contributed by atoms with E-state index in [1.807, 2.05) is 12.3 Å². The highest BCUT2D eigenvalue weighted by Crippen LogP contribution is 2.26. The summed E-state index contributed by atoms with van der Waals surface area (Å²) in [4.78, 5) is 14.9. The summed E-state index contributed by atoms with van der Waals surface area (Å²) in [5, 5.41) is 14.1. The molecule has 7 heteroatoms. The lowest BCUT2D eigenvalue weighted by Crippen LogP contribution is -2.10. The van der Waals surface area contributed by atoms with Crippen LogP contribution in [-0.4, -0.2) is 16.1 Å². The van der Waals surface area contributed by atoms with Gasteiger partial charge < -0.3 is 10.4 Å². The SMILES string of the molecule is Cc1csc(C(C)Nc2ccc(C(=O)O)c(F)c2F)n1. The first-order chi connectivity index (χ1) is 9.40. The van der Waals surface area contributed by atoms with Crippen LogP contribution in [0.1, 0.15) is 34.0 Å². The van der Waals surface area contributed by atoms with E-state index in [1.165, 1.54) is 17.4 Å². The summed E-state index contributed by atoms with van der Waals surface area (Å²) in [5.41, 5.74) is 0.0742. The molecule has 0 aliphatic rings. The summed E-state index contributed by atoms with van der Waals surface area (Å²) in [6, 6.07) is 1.93. The minimum absolute atomic E-state index is 0.0900. The van der Waals surface area contributed by atoms with Gasteiger partial charge in [0, 0.05) is 11.1 Å². The lowest BCUT2D eigenvalue weighted by molar-refractivity contribution is 0.0690. The second-order valence-electron chi connectivity index (χ2n) is 4.29. The molecule has 1 atom stereocenters. The Morgan fingerprint density at radius 3 is 2.65 bits per heavy atom. The lowest BCUT2D eigenvalue weighted by atomic mass is 10.1. The Kier molecular flexibility index (Phi) is 3.99. The summed E-state index contributed by atoms with van der Waals surface area (Å²) in [5.74, 6) is -4.08. The summed E-state index contributed by atoms with van der Waals surface area (Å²) in [7, 11) is 0. The molecule has 0 saturated heterocycles. The van der Waals surface area contributed by atoms with Crippen molar-refractivity contribution >= 4 is 23.0 Å². The van der Waals surface area contributed by atoms with E-state index in [0.717, 1.165) is 16.8 Å². The molecule has 2 rings (SSSR count). The zero-order valence-corrected chi connectivity index (χ0v) is 11.6. The fraction of sp³-hybridized carbons (Fsp3) is 0.231. The van der Waals surface area contributed by atoms with Crippen molar-refractivity contribution < 1.29 is 18.7 Å². The van der Waals surface area contributed by atoms with Crippen molar-refractivity contribution in [1.82, 2.24) is 4.98 Å². The van der Waals surface area contributed by atoms with E-state index in [2.05, 4.69) is 10.3 Å². The molecule has 0 saturated carbocycles. The highest BCUT2D eigenvalue weighted by atomic mass is 32.1. The maximum Gasteiger partial charge on any atom is 0.338 e. The van der Waals surface area contributed by atoms with E-state index in [0.29, 0.717) is 0 Å². The summed E-state index contributed by atoms with van der Waals surface area (Å²) in [6.07, 6.45) is 0. The highest BCUT2D eigenvalue weighted by molar-refractivity contribution is 7.09. The molecular weight excluding hydrogens is 286 g/mol. The van der Waals surface area contributed by atoms with Gasteiger partial charge in [-0.1, -0.05) is 0 Å². The van der Waals surface area contributed by atoms with Crippen molar-refractivity contribution in [2.24, 2.45) is 0 Å². The molecule has 0 spiro atoms. The largest absolute Gasteiger partial charge is 0.478 e. The van der Waals surface area contributed by atoms with Gasteiger partial charge in [0.25, 0.3) is 0 Å². The third kappa shape index (κ3) is 2.77. The number of carboxylic acid groups (broad SMARTS) is 1. The molecule has 2 aromatic rings. The Bertz CT molecular complexity index is 658. The molecule has 0 fully saturated rings.